The van der Waals surface area contributed by atoms with Crippen molar-refractivity contribution < 1.29 is 17.6 Å². The zero-order valence-corrected chi connectivity index (χ0v) is 10.1. The van der Waals surface area contributed by atoms with Crippen molar-refractivity contribution in [1.82, 2.24) is 4.98 Å². The molecule has 1 aromatic heterocycles. The van der Waals surface area contributed by atoms with Gasteiger partial charge >= 0.3 is 6.18 Å². The van der Waals surface area contributed by atoms with Gasteiger partial charge in [-0.15, -0.1) is 0 Å². The molecule has 0 saturated heterocycles. The predicted molar refractivity (Wildman–Crippen MR) is 64.0 cm³/mol. The Hall–Kier alpha value is -2.42. The van der Waals surface area contributed by atoms with E-state index < -0.39 is 17.7 Å². The van der Waals surface area contributed by atoms with Gasteiger partial charge in [-0.3, -0.25) is 0 Å². The third kappa shape index (κ3) is 2.94. The summed E-state index contributed by atoms with van der Waals surface area (Å²) in [7, 11) is 0. The molecule has 0 aliphatic rings. The fraction of sp³-hybridized carbons (Fsp3) is 0.143. The molecule has 0 N–H and O–H groups in total. The number of benzene rings is 1. The van der Waals surface area contributed by atoms with Crippen LogP contribution < -0.4 is 0 Å². The SMILES string of the molecule is N#CCc1nc(F)ccc1-c1cccc(C(F)(F)F)c1. The first-order valence-electron chi connectivity index (χ1n) is 5.62. The summed E-state index contributed by atoms with van der Waals surface area (Å²) < 4.78 is 51.1. The molecule has 0 bridgehead atoms. The van der Waals surface area contributed by atoms with Crippen LogP contribution in [-0.4, -0.2) is 4.98 Å². The van der Waals surface area contributed by atoms with Crippen LogP contribution in [0.2, 0.25) is 0 Å². The van der Waals surface area contributed by atoms with Crippen molar-refractivity contribution in [2.45, 2.75) is 12.6 Å². The van der Waals surface area contributed by atoms with Crippen LogP contribution in [0.15, 0.2) is 36.4 Å². The number of halogens is 4. The van der Waals surface area contributed by atoms with Gasteiger partial charge in [0.05, 0.1) is 23.7 Å². The Bertz CT molecular complexity index is 672. The number of aromatic nitrogens is 1. The van der Waals surface area contributed by atoms with Crippen molar-refractivity contribution in [3.05, 3.63) is 53.6 Å². The molecule has 2 nitrogen and oxygen atoms in total. The van der Waals surface area contributed by atoms with Gasteiger partial charge in [0.25, 0.3) is 0 Å². The summed E-state index contributed by atoms with van der Waals surface area (Å²) in [5.74, 6) is -0.772. The molecule has 0 atom stereocenters. The molecule has 0 saturated carbocycles. The maximum Gasteiger partial charge on any atom is 0.416 e. The molecule has 2 aromatic rings. The van der Waals surface area contributed by atoms with Gasteiger partial charge < -0.3 is 0 Å². The molecule has 0 fully saturated rings. The second-order valence-electron chi connectivity index (χ2n) is 4.04. The van der Waals surface area contributed by atoms with E-state index in [2.05, 4.69) is 4.98 Å². The summed E-state index contributed by atoms with van der Waals surface area (Å²) in [5, 5.41) is 8.67. The van der Waals surface area contributed by atoms with Crippen LogP contribution in [-0.2, 0) is 12.6 Å². The Kier molecular flexibility index (Phi) is 3.70. The van der Waals surface area contributed by atoms with Gasteiger partial charge in [0, 0.05) is 5.56 Å². The Labute approximate surface area is 112 Å². The average molecular weight is 280 g/mol. The molecule has 0 unspecified atom stereocenters. The van der Waals surface area contributed by atoms with Crippen LogP contribution in [0, 0.1) is 17.3 Å². The minimum atomic E-state index is -4.46. The van der Waals surface area contributed by atoms with E-state index >= 15 is 0 Å². The van der Waals surface area contributed by atoms with E-state index in [0.29, 0.717) is 5.56 Å². The summed E-state index contributed by atoms with van der Waals surface area (Å²) in [6.45, 7) is 0. The lowest BCUT2D eigenvalue weighted by Crippen LogP contribution is -2.05. The lowest BCUT2D eigenvalue weighted by atomic mass is 10.0. The molecule has 2 rings (SSSR count). The highest BCUT2D eigenvalue weighted by molar-refractivity contribution is 5.67. The Morgan fingerprint density at radius 3 is 2.55 bits per heavy atom. The number of alkyl halides is 3. The van der Waals surface area contributed by atoms with Gasteiger partial charge in [0.15, 0.2) is 0 Å². The molecule has 0 radical (unpaired) electrons. The molecule has 0 aliphatic carbocycles. The Balaban J connectivity index is 2.55. The van der Waals surface area contributed by atoms with Crippen LogP contribution in [0.4, 0.5) is 17.6 Å². The smallest absolute Gasteiger partial charge is 0.223 e. The van der Waals surface area contributed by atoms with Crippen molar-refractivity contribution in [2.75, 3.05) is 0 Å². The number of nitriles is 1. The molecule has 1 heterocycles. The normalized spacial score (nSPS) is 11.2. The lowest BCUT2D eigenvalue weighted by molar-refractivity contribution is -0.137. The number of nitrogens with zero attached hydrogens (tertiary/aromatic N) is 2. The number of hydrogen-bond donors (Lipinski definition) is 0. The van der Waals surface area contributed by atoms with Gasteiger partial charge in [0.2, 0.25) is 5.95 Å². The van der Waals surface area contributed by atoms with Gasteiger partial charge in [0.1, 0.15) is 0 Å². The maximum atomic E-state index is 13.1. The minimum absolute atomic E-state index is 0.117. The molecular formula is C14H8F4N2. The van der Waals surface area contributed by atoms with Gasteiger partial charge in [-0.1, -0.05) is 12.1 Å². The first-order valence-corrected chi connectivity index (χ1v) is 5.62. The number of rotatable bonds is 2. The highest BCUT2D eigenvalue weighted by atomic mass is 19.4. The van der Waals surface area contributed by atoms with E-state index in [4.69, 9.17) is 5.26 Å². The average Bonchev–Trinajstić information content (AvgIpc) is 2.38. The maximum absolute atomic E-state index is 13.1. The molecule has 0 aliphatic heterocycles. The largest absolute Gasteiger partial charge is 0.416 e. The van der Waals surface area contributed by atoms with Crippen LogP contribution in [0.25, 0.3) is 11.1 Å². The van der Waals surface area contributed by atoms with E-state index in [0.717, 1.165) is 18.2 Å². The first kappa shape index (κ1) is 14.0. The van der Waals surface area contributed by atoms with Crippen LogP contribution in [0.5, 0.6) is 0 Å². The van der Waals surface area contributed by atoms with E-state index in [-0.39, 0.29) is 17.7 Å². The van der Waals surface area contributed by atoms with E-state index in [1.165, 1.54) is 18.2 Å². The monoisotopic (exact) mass is 280 g/mol. The molecule has 102 valence electrons. The van der Waals surface area contributed by atoms with E-state index in [9.17, 15) is 17.6 Å². The Morgan fingerprint density at radius 1 is 1.15 bits per heavy atom. The van der Waals surface area contributed by atoms with Crippen molar-refractivity contribution in [1.29, 1.82) is 5.26 Å². The summed E-state index contributed by atoms with van der Waals surface area (Å²) >= 11 is 0. The van der Waals surface area contributed by atoms with Gasteiger partial charge in [-0.2, -0.15) is 22.8 Å². The fourth-order valence-electron chi connectivity index (χ4n) is 1.81. The summed E-state index contributed by atoms with van der Waals surface area (Å²) in [4.78, 5) is 3.56. The first-order chi connectivity index (χ1) is 9.41. The quantitative estimate of drug-likeness (QED) is 0.616. The molecule has 0 amide bonds. The van der Waals surface area contributed by atoms with Gasteiger partial charge in [-0.25, -0.2) is 4.98 Å². The summed E-state index contributed by atoms with van der Waals surface area (Å²) in [6, 6.07) is 8.82. The van der Waals surface area contributed by atoms with Crippen molar-refractivity contribution in [3.8, 4) is 17.2 Å². The molecule has 1 aromatic carbocycles. The predicted octanol–water partition coefficient (Wildman–Crippen LogP) is 3.97. The van der Waals surface area contributed by atoms with Crippen molar-refractivity contribution in [2.24, 2.45) is 0 Å². The molecular weight excluding hydrogens is 272 g/mol. The fourth-order valence-corrected chi connectivity index (χ4v) is 1.81. The topological polar surface area (TPSA) is 36.7 Å². The van der Waals surface area contributed by atoms with Crippen molar-refractivity contribution >= 4 is 0 Å². The summed E-state index contributed by atoms with van der Waals surface area (Å²) in [5.41, 5.74) is -0.120. The molecule has 20 heavy (non-hydrogen) atoms. The number of pyridine rings is 1. The third-order valence-electron chi connectivity index (χ3n) is 2.69. The molecule has 0 spiro atoms. The highest BCUT2D eigenvalue weighted by Gasteiger charge is 2.30. The lowest BCUT2D eigenvalue weighted by Gasteiger charge is -2.10. The third-order valence-corrected chi connectivity index (χ3v) is 2.69. The Morgan fingerprint density at radius 2 is 1.90 bits per heavy atom. The number of hydrogen-bond acceptors (Lipinski definition) is 2. The van der Waals surface area contributed by atoms with Crippen LogP contribution in [0.3, 0.4) is 0 Å². The standard InChI is InChI=1S/C14H8F4N2/c15-13-5-4-11(12(20-13)6-7-19)9-2-1-3-10(8-9)14(16,17)18/h1-5,8H,6H2. The zero-order valence-electron chi connectivity index (χ0n) is 10.1. The zero-order chi connectivity index (χ0) is 14.8. The second kappa shape index (κ2) is 5.29. The summed E-state index contributed by atoms with van der Waals surface area (Å²) in [6.07, 6.45) is -4.64. The van der Waals surface area contributed by atoms with E-state index in [1.807, 2.05) is 6.07 Å². The van der Waals surface area contributed by atoms with Gasteiger partial charge in [-0.05, 0) is 29.8 Å². The van der Waals surface area contributed by atoms with Crippen LogP contribution >= 0.6 is 0 Å². The van der Waals surface area contributed by atoms with E-state index in [1.54, 1.807) is 0 Å². The van der Waals surface area contributed by atoms with Crippen LogP contribution in [0.1, 0.15) is 11.3 Å². The van der Waals surface area contributed by atoms with Crippen molar-refractivity contribution in [3.63, 3.8) is 0 Å². The highest BCUT2D eigenvalue weighted by Crippen LogP contribution is 2.32. The molecule has 6 heteroatoms. The second-order valence-corrected chi connectivity index (χ2v) is 4.04. The minimum Gasteiger partial charge on any atom is -0.223 e.